The van der Waals surface area contributed by atoms with E-state index >= 15 is 0 Å². The van der Waals surface area contributed by atoms with E-state index in [1.807, 2.05) is 0 Å². The molecule has 3 heteroatoms. The Kier molecular flexibility index (Phi) is 5.08. The van der Waals surface area contributed by atoms with E-state index in [9.17, 15) is 10.2 Å². The van der Waals surface area contributed by atoms with E-state index in [-0.39, 0.29) is 11.7 Å². The minimum Gasteiger partial charge on any atom is -0.508 e. The van der Waals surface area contributed by atoms with Crippen LogP contribution in [0.2, 0.25) is 0 Å². The lowest BCUT2D eigenvalue weighted by molar-refractivity contribution is 0.223. The SMILES string of the molecule is CC(CCCN1CCCCC1)c1cc(O)ccc1O. The third kappa shape index (κ3) is 4.13. The summed E-state index contributed by atoms with van der Waals surface area (Å²) in [5, 5.41) is 19.3. The first-order valence-corrected chi connectivity index (χ1v) is 7.41. The molecule has 1 aromatic rings. The molecule has 1 aliphatic rings. The lowest BCUT2D eigenvalue weighted by atomic mass is 9.95. The van der Waals surface area contributed by atoms with Gasteiger partial charge in [0.2, 0.25) is 0 Å². The second-order valence-corrected chi connectivity index (χ2v) is 5.69. The lowest BCUT2D eigenvalue weighted by Gasteiger charge is -2.26. The van der Waals surface area contributed by atoms with Gasteiger partial charge >= 0.3 is 0 Å². The maximum Gasteiger partial charge on any atom is 0.119 e. The van der Waals surface area contributed by atoms with E-state index in [0.29, 0.717) is 5.75 Å². The molecule has 2 rings (SSSR count). The highest BCUT2D eigenvalue weighted by atomic mass is 16.3. The summed E-state index contributed by atoms with van der Waals surface area (Å²) < 4.78 is 0. The van der Waals surface area contributed by atoms with Crippen LogP contribution in [0, 0.1) is 0 Å². The van der Waals surface area contributed by atoms with E-state index in [2.05, 4.69) is 11.8 Å². The number of nitrogens with zero attached hydrogens (tertiary/aromatic N) is 1. The van der Waals surface area contributed by atoms with Crippen molar-refractivity contribution in [3.63, 3.8) is 0 Å². The summed E-state index contributed by atoms with van der Waals surface area (Å²) in [6.07, 6.45) is 6.25. The maximum absolute atomic E-state index is 9.83. The summed E-state index contributed by atoms with van der Waals surface area (Å²) in [6, 6.07) is 4.78. The zero-order valence-electron chi connectivity index (χ0n) is 11.8. The van der Waals surface area contributed by atoms with Crippen molar-refractivity contribution in [2.45, 2.75) is 44.9 Å². The third-order valence-corrected chi connectivity index (χ3v) is 4.10. The van der Waals surface area contributed by atoms with Crippen LogP contribution in [0.25, 0.3) is 0 Å². The van der Waals surface area contributed by atoms with Crippen molar-refractivity contribution < 1.29 is 10.2 Å². The van der Waals surface area contributed by atoms with Gasteiger partial charge in [0, 0.05) is 5.56 Å². The van der Waals surface area contributed by atoms with Crippen molar-refractivity contribution in [1.82, 2.24) is 4.90 Å². The molecule has 1 aliphatic heterocycles. The quantitative estimate of drug-likeness (QED) is 0.799. The second-order valence-electron chi connectivity index (χ2n) is 5.69. The van der Waals surface area contributed by atoms with E-state index in [0.717, 1.165) is 24.9 Å². The van der Waals surface area contributed by atoms with Crippen LogP contribution in [0.15, 0.2) is 18.2 Å². The van der Waals surface area contributed by atoms with Crippen molar-refractivity contribution in [3.8, 4) is 11.5 Å². The van der Waals surface area contributed by atoms with Crippen molar-refractivity contribution in [2.75, 3.05) is 19.6 Å². The zero-order valence-corrected chi connectivity index (χ0v) is 11.8. The number of aromatic hydroxyl groups is 2. The van der Waals surface area contributed by atoms with Crippen LogP contribution in [0.3, 0.4) is 0 Å². The zero-order chi connectivity index (χ0) is 13.7. The molecule has 0 aliphatic carbocycles. The number of benzene rings is 1. The first-order chi connectivity index (χ1) is 9.16. The molecule has 1 unspecified atom stereocenters. The Labute approximate surface area is 115 Å². The van der Waals surface area contributed by atoms with Crippen molar-refractivity contribution in [3.05, 3.63) is 23.8 Å². The summed E-state index contributed by atoms with van der Waals surface area (Å²) in [5.41, 5.74) is 0.860. The molecule has 0 spiro atoms. The number of hydrogen-bond acceptors (Lipinski definition) is 3. The average Bonchev–Trinajstić information content (AvgIpc) is 2.42. The van der Waals surface area contributed by atoms with E-state index in [1.54, 1.807) is 12.1 Å². The molecule has 3 nitrogen and oxygen atoms in total. The predicted molar refractivity (Wildman–Crippen MR) is 77.7 cm³/mol. The van der Waals surface area contributed by atoms with Crippen molar-refractivity contribution in [2.24, 2.45) is 0 Å². The Bertz CT molecular complexity index is 400. The molecule has 1 heterocycles. The molecule has 0 saturated carbocycles. The van der Waals surface area contributed by atoms with Crippen LogP contribution >= 0.6 is 0 Å². The van der Waals surface area contributed by atoms with Crippen LogP contribution in [0.1, 0.15) is 50.5 Å². The summed E-state index contributed by atoms with van der Waals surface area (Å²) >= 11 is 0. The van der Waals surface area contributed by atoms with Crippen molar-refractivity contribution >= 4 is 0 Å². The van der Waals surface area contributed by atoms with Crippen LogP contribution in [0.5, 0.6) is 11.5 Å². The van der Waals surface area contributed by atoms with Crippen LogP contribution in [-0.2, 0) is 0 Å². The fourth-order valence-corrected chi connectivity index (χ4v) is 2.90. The van der Waals surface area contributed by atoms with Gasteiger partial charge in [-0.2, -0.15) is 0 Å². The highest BCUT2D eigenvalue weighted by molar-refractivity contribution is 5.40. The van der Waals surface area contributed by atoms with Gasteiger partial charge in [0.15, 0.2) is 0 Å². The van der Waals surface area contributed by atoms with Gasteiger partial charge in [-0.3, -0.25) is 0 Å². The monoisotopic (exact) mass is 263 g/mol. The van der Waals surface area contributed by atoms with Crippen LogP contribution in [0.4, 0.5) is 0 Å². The lowest BCUT2D eigenvalue weighted by Crippen LogP contribution is -2.30. The molecule has 2 N–H and O–H groups in total. The molecule has 1 atom stereocenters. The second kappa shape index (κ2) is 6.80. The standard InChI is InChI=1S/C16H25NO2/c1-13(15-12-14(18)7-8-16(15)19)6-5-11-17-9-3-2-4-10-17/h7-8,12-13,18-19H,2-6,9-11H2,1H3. The largest absolute Gasteiger partial charge is 0.508 e. The Morgan fingerprint density at radius 1 is 1.16 bits per heavy atom. The molecule has 106 valence electrons. The summed E-state index contributed by atoms with van der Waals surface area (Å²) in [7, 11) is 0. The first-order valence-electron chi connectivity index (χ1n) is 7.41. The van der Waals surface area contributed by atoms with Gasteiger partial charge < -0.3 is 15.1 Å². The number of phenols is 2. The van der Waals surface area contributed by atoms with Crippen LogP contribution in [-0.4, -0.2) is 34.7 Å². The number of hydrogen-bond donors (Lipinski definition) is 2. The number of phenolic OH excluding ortho intramolecular Hbond substituents is 2. The molecule has 1 fully saturated rings. The maximum atomic E-state index is 9.83. The van der Waals surface area contributed by atoms with Gasteiger partial charge in [-0.05, 0) is 69.4 Å². The van der Waals surface area contributed by atoms with Gasteiger partial charge in [0.05, 0.1) is 0 Å². The smallest absolute Gasteiger partial charge is 0.119 e. The molecular weight excluding hydrogens is 238 g/mol. The number of piperidine rings is 1. The molecule has 0 bridgehead atoms. The van der Waals surface area contributed by atoms with Gasteiger partial charge in [-0.15, -0.1) is 0 Å². The Morgan fingerprint density at radius 3 is 2.63 bits per heavy atom. The van der Waals surface area contributed by atoms with Gasteiger partial charge in [-0.1, -0.05) is 13.3 Å². The molecule has 0 aromatic heterocycles. The topological polar surface area (TPSA) is 43.7 Å². The first kappa shape index (κ1) is 14.2. The average molecular weight is 263 g/mol. The summed E-state index contributed by atoms with van der Waals surface area (Å²) in [4.78, 5) is 2.54. The predicted octanol–water partition coefficient (Wildman–Crippen LogP) is 3.47. The molecule has 1 saturated heterocycles. The fraction of sp³-hybridized carbons (Fsp3) is 0.625. The Hall–Kier alpha value is -1.22. The van der Waals surface area contributed by atoms with E-state index < -0.39 is 0 Å². The molecule has 0 amide bonds. The number of rotatable bonds is 5. The van der Waals surface area contributed by atoms with Gasteiger partial charge in [-0.25, -0.2) is 0 Å². The minimum atomic E-state index is 0.232. The molecular formula is C16H25NO2. The highest BCUT2D eigenvalue weighted by Gasteiger charge is 2.13. The highest BCUT2D eigenvalue weighted by Crippen LogP contribution is 2.31. The third-order valence-electron chi connectivity index (χ3n) is 4.10. The normalized spacial score (nSPS) is 18.4. The fourth-order valence-electron chi connectivity index (χ4n) is 2.90. The minimum absolute atomic E-state index is 0.232. The Morgan fingerprint density at radius 2 is 1.89 bits per heavy atom. The molecule has 1 aromatic carbocycles. The molecule has 19 heavy (non-hydrogen) atoms. The molecule has 0 radical (unpaired) electrons. The number of likely N-dealkylation sites (tertiary alicyclic amines) is 1. The van der Waals surface area contributed by atoms with E-state index in [4.69, 9.17) is 0 Å². The van der Waals surface area contributed by atoms with Gasteiger partial charge in [0.25, 0.3) is 0 Å². The van der Waals surface area contributed by atoms with Crippen LogP contribution < -0.4 is 0 Å². The summed E-state index contributed by atoms with van der Waals surface area (Å²) in [5.74, 6) is 0.816. The summed E-state index contributed by atoms with van der Waals surface area (Å²) in [6.45, 7) is 5.76. The van der Waals surface area contributed by atoms with E-state index in [1.165, 1.54) is 38.4 Å². The van der Waals surface area contributed by atoms with Gasteiger partial charge in [0.1, 0.15) is 11.5 Å². The Balaban J connectivity index is 1.80. The van der Waals surface area contributed by atoms with Crippen molar-refractivity contribution in [1.29, 1.82) is 0 Å².